The molecule has 0 spiro atoms. The fraction of sp³-hybridized carbons (Fsp3) is 0.455. The van der Waals surface area contributed by atoms with Crippen LogP contribution in [0.4, 0.5) is 11.8 Å². The highest BCUT2D eigenvalue weighted by molar-refractivity contribution is 7.85. The lowest BCUT2D eigenvalue weighted by atomic mass is 9.76. The van der Waals surface area contributed by atoms with Crippen molar-refractivity contribution in [2.45, 2.75) is 36.1 Å². The number of hydrogen-bond acceptors (Lipinski definition) is 6. The van der Waals surface area contributed by atoms with Crippen LogP contribution in [-0.4, -0.2) is 56.8 Å². The molecule has 6 nitrogen and oxygen atoms in total. The first kappa shape index (κ1) is 20.0. The Morgan fingerprint density at radius 3 is 2.63 bits per heavy atom. The Kier molecular flexibility index (Phi) is 5.29. The van der Waals surface area contributed by atoms with E-state index in [1.54, 1.807) is 6.20 Å². The van der Waals surface area contributed by atoms with E-state index in [2.05, 4.69) is 33.0 Å². The van der Waals surface area contributed by atoms with Crippen LogP contribution in [0.3, 0.4) is 0 Å². The Morgan fingerprint density at radius 2 is 2.00 bits per heavy atom. The number of aromatic nitrogens is 2. The van der Waals surface area contributed by atoms with Crippen LogP contribution in [0.15, 0.2) is 41.4 Å². The molecule has 0 saturated heterocycles. The highest BCUT2D eigenvalue weighted by Crippen LogP contribution is 2.43. The monoisotopic (exact) mass is 444 g/mol. The molecule has 0 radical (unpaired) electrons. The molecular formula is C22H25ClN4O2S. The van der Waals surface area contributed by atoms with Gasteiger partial charge in [-0.15, -0.1) is 0 Å². The number of benzene rings is 1. The van der Waals surface area contributed by atoms with Gasteiger partial charge in [-0.2, -0.15) is 4.98 Å². The fourth-order valence-electron chi connectivity index (χ4n) is 4.59. The summed E-state index contributed by atoms with van der Waals surface area (Å²) < 4.78 is 12.6. The smallest absolute Gasteiger partial charge is 0.227 e. The summed E-state index contributed by atoms with van der Waals surface area (Å²) in [6.45, 7) is 2.32. The molecule has 1 aliphatic carbocycles. The second-order valence-electron chi connectivity index (χ2n) is 8.23. The highest BCUT2D eigenvalue weighted by atomic mass is 35.5. The van der Waals surface area contributed by atoms with Gasteiger partial charge in [-0.25, -0.2) is 4.98 Å². The van der Waals surface area contributed by atoms with Gasteiger partial charge in [-0.1, -0.05) is 29.8 Å². The van der Waals surface area contributed by atoms with Crippen molar-refractivity contribution in [3.8, 4) is 0 Å². The van der Waals surface area contributed by atoms with Crippen molar-refractivity contribution in [1.29, 1.82) is 0 Å². The van der Waals surface area contributed by atoms with E-state index >= 15 is 0 Å². The minimum atomic E-state index is -1.09. The molecule has 1 fully saturated rings. The lowest BCUT2D eigenvalue weighted by Crippen LogP contribution is -2.59. The van der Waals surface area contributed by atoms with E-state index in [4.69, 9.17) is 16.6 Å². The van der Waals surface area contributed by atoms with Crippen molar-refractivity contribution in [2.24, 2.45) is 0 Å². The third-order valence-electron chi connectivity index (χ3n) is 6.58. The van der Waals surface area contributed by atoms with Gasteiger partial charge in [0.05, 0.1) is 34.0 Å². The van der Waals surface area contributed by atoms with E-state index in [1.807, 2.05) is 12.1 Å². The normalized spacial score (nSPS) is 22.9. The Balaban J connectivity index is 1.41. The molecule has 2 aliphatic heterocycles. The number of aliphatic hydroxyl groups is 1. The maximum absolute atomic E-state index is 12.6. The number of hydrogen-bond donors (Lipinski definition) is 1. The van der Waals surface area contributed by atoms with Crippen LogP contribution >= 0.6 is 11.6 Å². The van der Waals surface area contributed by atoms with Crippen LogP contribution < -0.4 is 9.80 Å². The SMILES string of the molecule is O=[S@]1CCN(C2(CO)CCC2)c2nc(N3CC=C(c4ccc(Cl)cc4)CC3)ncc21. The van der Waals surface area contributed by atoms with Crippen LogP contribution in [0.2, 0.25) is 5.02 Å². The maximum atomic E-state index is 12.6. The Morgan fingerprint density at radius 1 is 1.20 bits per heavy atom. The first-order valence-corrected chi connectivity index (χ1v) is 12.1. The van der Waals surface area contributed by atoms with Gasteiger partial charge >= 0.3 is 0 Å². The van der Waals surface area contributed by atoms with E-state index in [1.165, 1.54) is 11.1 Å². The molecule has 3 heterocycles. The maximum Gasteiger partial charge on any atom is 0.227 e. The van der Waals surface area contributed by atoms with E-state index in [9.17, 15) is 9.32 Å². The molecule has 1 saturated carbocycles. The van der Waals surface area contributed by atoms with Crippen LogP contribution in [0.1, 0.15) is 31.2 Å². The van der Waals surface area contributed by atoms with Crippen LogP contribution in [-0.2, 0) is 10.8 Å². The van der Waals surface area contributed by atoms with Crippen LogP contribution in [0, 0.1) is 0 Å². The van der Waals surface area contributed by atoms with E-state index in [0.29, 0.717) is 23.1 Å². The van der Waals surface area contributed by atoms with Gasteiger partial charge in [0.1, 0.15) is 0 Å². The van der Waals surface area contributed by atoms with Gasteiger partial charge in [-0.05, 0) is 49.0 Å². The number of anilines is 2. The second kappa shape index (κ2) is 7.94. The number of rotatable bonds is 4. The predicted molar refractivity (Wildman–Crippen MR) is 121 cm³/mol. The first-order valence-electron chi connectivity index (χ1n) is 10.4. The molecule has 1 aromatic carbocycles. The van der Waals surface area contributed by atoms with Gasteiger partial charge < -0.3 is 14.9 Å². The molecule has 8 heteroatoms. The molecule has 2 aromatic rings. The summed E-state index contributed by atoms with van der Waals surface area (Å²) in [7, 11) is -1.09. The van der Waals surface area contributed by atoms with Gasteiger partial charge in [0, 0.05) is 30.4 Å². The molecule has 1 N–H and O–H groups in total. The minimum absolute atomic E-state index is 0.106. The van der Waals surface area contributed by atoms with Crippen molar-refractivity contribution in [3.05, 3.63) is 47.1 Å². The lowest BCUT2D eigenvalue weighted by Gasteiger charge is -2.51. The minimum Gasteiger partial charge on any atom is -0.394 e. The predicted octanol–water partition coefficient (Wildman–Crippen LogP) is 3.27. The Labute approximate surface area is 184 Å². The summed E-state index contributed by atoms with van der Waals surface area (Å²) in [5.74, 6) is 1.97. The third kappa shape index (κ3) is 3.43. The number of halogens is 1. The molecule has 3 aliphatic rings. The molecular weight excluding hydrogens is 420 g/mol. The van der Waals surface area contributed by atoms with Crippen molar-refractivity contribution in [2.75, 3.05) is 41.8 Å². The quantitative estimate of drug-likeness (QED) is 0.780. The topological polar surface area (TPSA) is 69.6 Å². The standard InChI is InChI=1S/C22H25ClN4O2S/c23-18-4-2-16(3-5-18)17-6-10-26(11-7-17)21-24-14-19-20(25-21)27(12-13-30(19)29)22(15-28)8-1-9-22/h2-6,14,28H,1,7-13,15H2/t30-/m0/s1. The van der Waals surface area contributed by atoms with Crippen molar-refractivity contribution >= 4 is 39.7 Å². The van der Waals surface area contributed by atoms with Gasteiger partial charge in [0.2, 0.25) is 5.95 Å². The van der Waals surface area contributed by atoms with Gasteiger partial charge in [-0.3, -0.25) is 4.21 Å². The van der Waals surface area contributed by atoms with Crippen molar-refractivity contribution in [3.63, 3.8) is 0 Å². The van der Waals surface area contributed by atoms with Crippen LogP contribution in [0.25, 0.3) is 5.57 Å². The van der Waals surface area contributed by atoms with Gasteiger partial charge in [0.25, 0.3) is 0 Å². The summed E-state index contributed by atoms with van der Waals surface area (Å²) in [6.07, 6.45) is 7.85. The Bertz CT molecular complexity index is 1000. The molecule has 158 valence electrons. The zero-order valence-electron chi connectivity index (χ0n) is 16.8. The average Bonchev–Trinajstić information content (AvgIpc) is 2.75. The van der Waals surface area contributed by atoms with Crippen molar-refractivity contribution in [1.82, 2.24) is 9.97 Å². The summed E-state index contributed by atoms with van der Waals surface area (Å²) in [5, 5.41) is 10.8. The third-order valence-corrected chi connectivity index (χ3v) is 8.17. The highest BCUT2D eigenvalue weighted by Gasteiger charge is 2.45. The van der Waals surface area contributed by atoms with E-state index in [-0.39, 0.29) is 12.1 Å². The Hall–Kier alpha value is -1.96. The zero-order valence-corrected chi connectivity index (χ0v) is 18.3. The molecule has 5 rings (SSSR count). The fourth-order valence-corrected chi connectivity index (χ4v) is 5.81. The summed E-state index contributed by atoms with van der Waals surface area (Å²) >= 11 is 6.01. The zero-order chi connectivity index (χ0) is 20.7. The number of nitrogens with zero attached hydrogens (tertiary/aromatic N) is 4. The molecule has 0 unspecified atom stereocenters. The van der Waals surface area contributed by atoms with Crippen molar-refractivity contribution < 1.29 is 9.32 Å². The lowest BCUT2D eigenvalue weighted by molar-refractivity contribution is 0.115. The molecule has 0 amide bonds. The summed E-state index contributed by atoms with van der Waals surface area (Å²) in [6, 6.07) is 7.95. The largest absolute Gasteiger partial charge is 0.394 e. The molecule has 1 atom stereocenters. The molecule has 1 aromatic heterocycles. The summed E-state index contributed by atoms with van der Waals surface area (Å²) in [5.41, 5.74) is 2.24. The number of fused-ring (bicyclic) bond motifs is 1. The van der Waals surface area contributed by atoms with E-state index in [0.717, 1.165) is 49.6 Å². The molecule has 0 bridgehead atoms. The number of aliphatic hydroxyl groups excluding tert-OH is 1. The average molecular weight is 445 g/mol. The van der Waals surface area contributed by atoms with Crippen LogP contribution in [0.5, 0.6) is 0 Å². The molecule has 30 heavy (non-hydrogen) atoms. The second-order valence-corrected chi connectivity index (χ2v) is 10.2. The first-order chi connectivity index (χ1) is 14.6. The van der Waals surface area contributed by atoms with E-state index < -0.39 is 10.8 Å². The van der Waals surface area contributed by atoms with Gasteiger partial charge in [0.15, 0.2) is 5.82 Å². The summed E-state index contributed by atoms with van der Waals surface area (Å²) in [4.78, 5) is 14.5.